The quantitative estimate of drug-likeness (QED) is 0.331. The monoisotopic (exact) mass is 199 g/mol. The molecule has 70 valence electrons. The van der Waals surface area contributed by atoms with Crippen molar-refractivity contribution in [2.24, 2.45) is 10.8 Å². The third kappa shape index (κ3) is 3.83. The van der Waals surface area contributed by atoms with E-state index in [-0.39, 0.29) is 12.4 Å². The van der Waals surface area contributed by atoms with Gasteiger partial charge in [-0.2, -0.15) is 4.99 Å². The molecule has 0 radical (unpaired) electrons. The highest BCUT2D eigenvalue weighted by Gasteiger charge is 1.92. The molecule has 0 saturated carbocycles. The van der Waals surface area contributed by atoms with Crippen molar-refractivity contribution in [2.45, 2.75) is 6.54 Å². The van der Waals surface area contributed by atoms with Crippen molar-refractivity contribution in [3.05, 3.63) is 29.8 Å². The maximum absolute atomic E-state index is 9.91. The van der Waals surface area contributed by atoms with E-state index in [0.29, 0.717) is 12.2 Å². The van der Waals surface area contributed by atoms with Gasteiger partial charge in [0.05, 0.1) is 5.69 Å². The predicted molar refractivity (Wildman–Crippen MR) is 52.5 cm³/mol. The lowest BCUT2D eigenvalue weighted by Crippen LogP contribution is -2.20. The average molecular weight is 200 g/mol. The second-order valence-electron chi connectivity index (χ2n) is 2.25. The second-order valence-corrected chi connectivity index (χ2v) is 2.25. The number of isocyanates is 1. The van der Waals surface area contributed by atoms with E-state index in [0.717, 1.165) is 5.56 Å². The first-order chi connectivity index (χ1) is 5.86. The molecule has 0 aliphatic rings. The maximum Gasteiger partial charge on any atom is 0.240 e. The molecule has 0 bridgehead atoms. The van der Waals surface area contributed by atoms with Gasteiger partial charge < -0.3 is 0 Å². The van der Waals surface area contributed by atoms with Crippen LogP contribution < -0.4 is 11.3 Å². The van der Waals surface area contributed by atoms with Gasteiger partial charge in [0.2, 0.25) is 6.08 Å². The van der Waals surface area contributed by atoms with E-state index in [9.17, 15) is 4.79 Å². The lowest BCUT2D eigenvalue weighted by atomic mass is 10.2. The fraction of sp³-hybridized carbons (Fsp3) is 0.125. The van der Waals surface area contributed by atoms with Crippen LogP contribution in [0, 0.1) is 0 Å². The first kappa shape index (κ1) is 11.8. The number of hydrogen-bond acceptors (Lipinski definition) is 4. The number of benzene rings is 1. The average Bonchev–Trinajstić information content (AvgIpc) is 2.06. The Morgan fingerprint density at radius 3 is 2.92 bits per heavy atom. The number of aliphatic imine (C=N–C) groups is 1. The van der Waals surface area contributed by atoms with Gasteiger partial charge in [-0.1, -0.05) is 12.1 Å². The van der Waals surface area contributed by atoms with Crippen LogP contribution in [0.4, 0.5) is 5.69 Å². The first-order valence-corrected chi connectivity index (χ1v) is 3.47. The number of nitrogens with one attached hydrogen (secondary N) is 1. The summed E-state index contributed by atoms with van der Waals surface area (Å²) in [4.78, 5) is 13.4. The Hall–Kier alpha value is -1.19. The standard InChI is InChI=1S/C8H9N3O.ClH/c9-11-5-7-2-1-3-8(4-7)10-6-12;/h1-4,11H,5,9H2;1H. The molecule has 0 aliphatic carbocycles. The summed E-state index contributed by atoms with van der Waals surface area (Å²) in [7, 11) is 0. The second kappa shape index (κ2) is 6.34. The smallest absolute Gasteiger partial charge is 0.240 e. The van der Waals surface area contributed by atoms with Crippen LogP contribution in [0.15, 0.2) is 29.3 Å². The summed E-state index contributed by atoms with van der Waals surface area (Å²) in [6.45, 7) is 0.558. The van der Waals surface area contributed by atoms with E-state index < -0.39 is 0 Å². The molecule has 0 heterocycles. The van der Waals surface area contributed by atoms with Gasteiger partial charge in [0.15, 0.2) is 0 Å². The molecule has 0 aromatic heterocycles. The van der Waals surface area contributed by atoms with E-state index in [4.69, 9.17) is 5.84 Å². The van der Waals surface area contributed by atoms with Crippen molar-refractivity contribution in [3.8, 4) is 0 Å². The van der Waals surface area contributed by atoms with Crippen LogP contribution in [-0.2, 0) is 11.3 Å². The zero-order valence-electron chi connectivity index (χ0n) is 6.86. The summed E-state index contributed by atoms with van der Waals surface area (Å²) in [5.41, 5.74) is 4.09. The third-order valence-corrected chi connectivity index (χ3v) is 1.39. The van der Waals surface area contributed by atoms with Crippen molar-refractivity contribution < 1.29 is 4.79 Å². The number of hydrazine groups is 1. The number of halogens is 1. The van der Waals surface area contributed by atoms with Crippen LogP contribution in [0.1, 0.15) is 5.56 Å². The number of nitrogens with two attached hydrogens (primary N) is 1. The molecule has 0 amide bonds. The fourth-order valence-electron chi connectivity index (χ4n) is 0.907. The SMILES string of the molecule is Cl.NNCc1cccc(N=C=O)c1. The minimum Gasteiger partial charge on any atom is -0.271 e. The van der Waals surface area contributed by atoms with Crippen molar-refractivity contribution in [2.75, 3.05) is 0 Å². The molecule has 0 atom stereocenters. The van der Waals surface area contributed by atoms with Crippen LogP contribution in [0.2, 0.25) is 0 Å². The van der Waals surface area contributed by atoms with Crippen LogP contribution in [-0.4, -0.2) is 6.08 Å². The largest absolute Gasteiger partial charge is 0.271 e. The van der Waals surface area contributed by atoms with Gasteiger partial charge in [-0.15, -0.1) is 12.4 Å². The lowest BCUT2D eigenvalue weighted by molar-refractivity contribution is 0.565. The summed E-state index contributed by atoms with van der Waals surface area (Å²) in [6.07, 6.45) is 1.48. The molecule has 0 unspecified atom stereocenters. The molecule has 5 heteroatoms. The van der Waals surface area contributed by atoms with Gasteiger partial charge >= 0.3 is 0 Å². The predicted octanol–water partition coefficient (Wildman–Crippen LogP) is 1.04. The van der Waals surface area contributed by atoms with Gasteiger partial charge in [-0.25, -0.2) is 4.79 Å². The van der Waals surface area contributed by atoms with Gasteiger partial charge in [0, 0.05) is 6.54 Å². The molecular weight excluding hydrogens is 190 g/mol. The number of carbonyl (C=O) groups excluding carboxylic acids is 1. The fourth-order valence-corrected chi connectivity index (χ4v) is 0.907. The number of hydrogen-bond donors (Lipinski definition) is 2. The van der Waals surface area contributed by atoms with Crippen molar-refractivity contribution in [1.29, 1.82) is 0 Å². The minimum absolute atomic E-state index is 0. The molecule has 0 aliphatic heterocycles. The Morgan fingerprint density at radius 2 is 2.31 bits per heavy atom. The highest BCUT2D eigenvalue weighted by atomic mass is 35.5. The van der Waals surface area contributed by atoms with E-state index in [1.807, 2.05) is 12.1 Å². The zero-order valence-corrected chi connectivity index (χ0v) is 7.67. The van der Waals surface area contributed by atoms with Crippen LogP contribution in [0.25, 0.3) is 0 Å². The topological polar surface area (TPSA) is 67.5 Å². The summed E-state index contributed by atoms with van der Waals surface area (Å²) in [5, 5.41) is 0. The molecule has 3 N–H and O–H groups in total. The van der Waals surface area contributed by atoms with Gasteiger partial charge in [-0.05, 0) is 17.7 Å². The summed E-state index contributed by atoms with van der Waals surface area (Å²) >= 11 is 0. The summed E-state index contributed by atoms with van der Waals surface area (Å²) in [6, 6.07) is 7.20. The molecule has 13 heavy (non-hydrogen) atoms. The molecule has 1 aromatic carbocycles. The summed E-state index contributed by atoms with van der Waals surface area (Å²) in [5.74, 6) is 5.13. The van der Waals surface area contributed by atoms with Crippen LogP contribution >= 0.6 is 12.4 Å². The van der Waals surface area contributed by atoms with Crippen molar-refractivity contribution in [3.63, 3.8) is 0 Å². The molecule has 1 rings (SSSR count). The van der Waals surface area contributed by atoms with E-state index in [1.54, 1.807) is 12.1 Å². The van der Waals surface area contributed by atoms with Gasteiger partial charge in [0.25, 0.3) is 0 Å². The Kier molecular flexibility index (Phi) is 5.76. The molecule has 4 nitrogen and oxygen atoms in total. The Labute approximate surface area is 82.2 Å². The van der Waals surface area contributed by atoms with E-state index >= 15 is 0 Å². The maximum atomic E-state index is 9.91. The van der Waals surface area contributed by atoms with E-state index in [1.165, 1.54) is 6.08 Å². The van der Waals surface area contributed by atoms with Gasteiger partial charge in [-0.3, -0.25) is 11.3 Å². The third-order valence-electron chi connectivity index (χ3n) is 1.39. The summed E-state index contributed by atoms with van der Waals surface area (Å²) < 4.78 is 0. The molecule has 1 aromatic rings. The zero-order chi connectivity index (χ0) is 8.81. The molecular formula is C8H10ClN3O. The number of rotatable bonds is 3. The van der Waals surface area contributed by atoms with E-state index in [2.05, 4.69) is 10.4 Å². The minimum atomic E-state index is 0. The Morgan fingerprint density at radius 1 is 1.54 bits per heavy atom. The normalized spacial score (nSPS) is 8.38. The highest BCUT2D eigenvalue weighted by Crippen LogP contribution is 2.12. The van der Waals surface area contributed by atoms with Crippen molar-refractivity contribution in [1.82, 2.24) is 5.43 Å². The van der Waals surface area contributed by atoms with Crippen molar-refractivity contribution >= 4 is 24.2 Å². The van der Waals surface area contributed by atoms with Crippen LogP contribution in [0.3, 0.4) is 0 Å². The molecule has 0 spiro atoms. The molecule has 0 saturated heterocycles. The first-order valence-electron chi connectivity index (χ1n) is 3.47. The number of nitrogens with zero attached hydrogens (tertiary/aromatic N) is 1. The highest BCUT2D eigenvalue weighted by molar-refractivity contribution is 5.85. The Balaban J connectivity index is 0.00000144. The van der Waals surface area contributed by atoms with Crippen LogP contribution in [0.5, 0.6) is 0 Å². The van der Waals surface area contributed by atoms with Gasteiger partial charge in [0.1, 0.15) is 0 Å². The Bertz CT molecular complexity index is 310. The molecule has 0 fully saturated rings. The lowest BCUT2D eigenvalue weighted by Gasteiger charge is -1.98.